The van der Waals surface area contributed by atoms with Crippen LogP contribution in [0.4, 0.5) is 0 Å². The van der Waals surface area contributed by atoms with Gasteiger partial charge in [0.15, 0.2) is 5.78 Å². The quantitative estimate of drug-likeness (QED) is 0.774. The van der Waals surface area contributed by atoms with Crippen molar-refractivity contribution in [1.29, 1.82) is 0 Å². The van der Waals surface area contributed by atoms with Crippen LogP contribution in [0.25, 0.3) is 0 Å². The topological polar surface area (TPSA) is 43.1 Å². The second-order valence-corrected chi connectivity index (χ2v) is 4.91. The van der Waals surface area contributed by atoms with Gasteiger partial charge in [-0.25, -0.2) is 0 Å². The molecule has 0 aromatic heterocycles. The third-order valence-electron chi connectivity index (χ3n) is 3.51. The molecule has 0 saturated heterocycles. The molecule has 0 amide bonds. The van der Waals surface area contributed by atoms with Crippen molar-refractivity contribution in [1.82, 2.24) is 0 Å². The van der Waals surface area contributed by atoms with Crippen molar-refractivity contribution in [2.75, 3.05) is 0 Å². The minimum atomic E-state index is -0.604. The third-order valence-corrected chi connectivity index (χ3v) is 3.51. The van der Waals surface area contributed by atoms with E-state index in [-0.39, 0.29) is 5.78 Å². The molecule has 1 aromatic rings. The van der Waals surface area contributed by atoms with Crippen molar-refractivity contribution in [3.63, 3.8) is 0 Å². The second-order valence-electron chi connectivity index (χ2n) is 4.91. The Morgan fingerprint density at radius 3 is 2.25 bits per heavy atom. The summed E-state index contributed by atoms with van der Waals surface area (Å²) >= 11 is 0. The second kappa shape index (κ2) is 4.38. The normalized spacial score (nSPS) is 19.4. The Morgan fingerprint density at radius 1 is 1.12 bits per heavy atom. The van der Waals surface area contributed by atoms with Gasteiger partial charge in [-0.15, -0.1) is 0 Å². The maximum Gasteiger partial charge on any atom is 0.182 e. The highest BCUT2D eigenvalue weighted by Crippen LogP contribution is 2.29. The summed E-state index contributed by atoms with van der Waals surface area (Å²) in [5.74, 6) is 0.118. The van der Waals surface area contributed by atoms with Crippen LogP contribution in [0, 0.1) is 6.92 Å². The average Bonchev–Trinajstić information content (AvgIpc) is 2.30. The molecule has 0 aliphatic heterocycles. The molecule has 0 radical (unpaired) electrons. The molecule has 0 spiro atoms. The van der Waals surface area contributed by atoms with Crippen molar-refractivity contribution in [3.8, 4) is 0 Å². The van der Waals surface area contributed by atoms with Crippen molar-refractivity contribution < 1.29 is 4.79 Å². The lowest BCUT2D eigenvalue weighted by atomic mass is 9.77. The molecule has 1 fully saturated rings. The van der Waals surface area contributed by atoms with Gasteiger partial charge >= 0.3 is 0 Å². The summed E-state index contributed by atoms with van der Waals surface area (Å²) in [5, 5.41) is 0. The highest BCUT2D eigenvalue weighted by atomic mass is 16.1. The van der Waals surface area contributed by atoms with E-state index in [0.717, 1.165) is 31.2 Å². The van der Waals surface area contributed by atoms with E-state index in [9.17, 15) is 4.79 Å². The Morgan fingerprint density at radius 2 is 1.69 bits per heavy atom. The largest absolute Gasteiger partial charge is 0.319 e. The number of hydrogen-bond acceptors (Lipinski definition) is 2. The number of rotatable bonds is 2. The number of Topliss-reactive ketones (excluding diaryl/α,β-unsaturated/α-hetero) is 1. The summed E-state index contributed by atoms with van der Waals surface area (Å²) in [6.45, 7) is 2.02. The van der Waals surface area contributed by atoms with E-state index in [0.29, 0.717) is 0 Å². The van der Waals surface area contributed by atoms with E-state index in [4.69, 9.17) is 5.73 Å². The lowest BCUT2D eigenvalue weighted by molar-refractivity contribution is 0.0848. The number of benzene rings is 1. The Labute approximate surface area is 96.8 Å². The van der Waals surface area contributed by atoms with E-state index < -0.39 is 5.54 Å². The van der Waals surface area contributed by atoms with Gasteiger partial charge in [0, 0.05) is 5.56 Å². The number of aryl methyl sites for hydroxylation is 1. The molecule has 2 N–H and O–H groups in total. The fraction of sp³-hybridized carbons (Fsp3) is 0.500. The maximum atomic E-state index is 12.3. The fourth-order valence-corrected chi connectivity index (χ4v) is 2.40. The number of nitrogens with two attached hydrogens (primary N) is 1. The summed E-state index contributed by atoms with van der Waals surface area (Å²) in [6, 6.07) is 7.72. The predicted molar refractivity (Wildman–Crippen MR) is 65.5 cm³/mol. The van der Waals surface area contributed by atoms with Crippen LogP contribution in [0.3, 0.4) is 0 Å². The molecular weight excluding hydrogens is 198 g/mol. The highest BCUT2D eigenvalue weighted by molar-refractivity contribution is 6.03. The number of carbonyl (C=O) groups excluding carboxylic acids is 1. The summed E-state index contributed by atoms with van der Waals surface area (Å²) in [5.41, 5.74) is 7.55. The first kappa shape index (κ1) is 11.3. The molecule has 86 valence electrons. The summed E-state index contributed by atoms with van der Waals surface area (Å²) in [4.78, 5) is 12.3. The maximum absolute atomic E-state index is 12.3. The van der Waals surface area contributed by atoms with Gasteiger partial charge in [-0.1, -0.05) is 49.1 Å². The molecule has 2 heteroatoms. The zero-order chi connectivity index (χ0) is 11.6. The van der Waals surface area contributed by atoms with E-state index >= 15 is 0 Å². The molecule has 2 rings (SSSR count). The van der Waals surface area contributed by atoms with Gasteiger partial charge in [-0.2, -0.15) is 0 Å². The lowest BCUT2D eigenvalue weighted by Gasteiger charge is -2.31. The minimum absolute atomic E-state index is 0.118. The van der Waals surface area contributed by atoms with Crippen LogP contribution in [-0.2, 0) is 0 Å². The van der Waals surface area contributed by atoms with Crippen molar-refractivity contribution in [2.24, 2.45) is 5.73 Å². The van der Waals surface area contributed by atoms with Crippen molar-refractivity contribution in [2.45, 2.75) is 44.6 Å². The number of ketones is 1. The summed E-state index contributed by atoms with van der Waals surface area (Å²) in [7, 11) is 0. The first-order valence-corrected chi connectivity index (χ1v) is 6.02. The monoisotopic (exact) mass is 217 g/mol. The van der Waals surface area contributed by atoms with E-state index in [2.05, 4.69) is 0 Å². The molecule has 0 unspecified atom stereocenters. The lowest BCUT2D eigenvalue weighted by Crippen LogP contribution is -2.49. The van der Waals surface area contributed by atoms with Crippen LogP contribution in [0.2, 0.25) is 0 Å². The average molecular weight is 217 g/mol. The zero-order valence-electron chi connectivity index (χ0n) is 9.83. The van der Waals surface area contributed by atoms with Gasteiger partial charge in [-0.3, -0.25) is 4.79 Å². The van der Waals surface area contributed by atoms with Crippen LogP contribution < -0.4 is 5.73 Å². The Bertz CT molecular complexity index is 374. The van der Waals surface area contributed by atoms with Gasteiger partial charge in [0.05, 0.1) is 5.54 Å². The van der Waals surface area contributed by atoms with Crippen LogP contribution in [-0.4, -0.2) is 11.3 Å². The highest BCUT2D eigenvalue weighted by Gasteiger charge is 2.35. The Kier molecular flexibility index (Phi) is 3.10. The van der Waals surface area contributed by atoms with Crippen LogP contribution in [0.5, 0.6) is 0 Å². The smallest absolute Gasteiger partial charge is 0.182 e. The molecule has 0 bridgehead atoms. The molecule has 1 saturated carbocycles. The molecule has 0 heterocycles. The minimum Gasteiger partial charge on any atom is -0.319 e. The van der Waals surface area contributed by atoms with Crippen molar-refractivity contribution >= 4 is 5.78 Å². The molecule has 1 aliphatic carbocycles. The van der Waals surface area contributed by atoms with E-state index in [1.54, 1.807) is 0 Å². The van der Waals surface area contributed by atoms with Gasteiger partial charge < -0.3 is 5.73 Å². The Hall–Kier alpha value is -1.15. The molecule has 16 heavy (non-hydrogen) atoms. The van der Waals surface area contributed by atoms with Gasteiger partial charge in [-0.05, 0) is 19.8 Å². The molecular formula is C14H19NO. The van der Waals surface area contributed by atoms with Crippen LogP contribution >= 0.6 is 0 Å². The van der Waals surface area contributed by atoms with Crippen LogP contribution in [0.15, 0.2) is 24.3 Å². The SMILES string of the molecule is Cc1ccc(C(=O)C2(N)CCCCC2)cc1. The van der Waals surface area contributed by atoms with Gasteiger partial charge in [0.25, 0.3) is 0 Å². The van der Waals surface area contributed by atoms with Crippen molar-refractivity contribution in [3.05, 3.63) is 35.4 Å². The molecule has 0 atom stereocenters. The standard InChI is InChI=1S/C14H19NO/c1-11-5-7-12(8-6-11)13(16)14(15)9-3-2-4-10-14/h5-8H,2-4,9-10,15H2,1H3. The summed E-state index contributed by atoms with van der Waals surface area (Å²) in [6.07, 6.45) is 5.03. The predicted octanol–water partition coefficient (Wildman–Crippen LogP) is 2.84. The first-order valence-electron chi connectivity index (χ1n) is 6.02. The number of hydrogen-bond donors (Lipinski definition) is 1. The zero-order valence-corrected chi connectivity index (χ0v) is 9.83. The first-order chi connectivity index (χ1) is 7.62. The summed E-state index contributed by atoms with van der Waals surface area (Å²) < 4.78 is 0. The third kappa shape index (κ3) is 2.17. The molecule has 1 aromatic carbocycles. The molecule has 2 nitrogen and oxygen atoms in total. The Balaban J connectivity index is 2.20. The van der Waals surface area contributed by atoms with Gasteiger partial charge in [0.1, 0.15) is 0 Å². The molecule has 1 aliphatic rings. The van der Waals surface area contributed by atoms with E-state index in [1.165, 1.54) is 12.0 Å². The fourth-order valence-electron chi connectivity index (χ4n) is 2.40. The van der Waals surface area contributed by atoms with Gasteiger partial charge in [0.2, 0.25) is 0 Å². The number of carbonyl (C=O) groups is 1. The van der Waals surface area contributed by atoms with E-state index in [1.807, 2.05) is 31.2 Å². The van der Waals surface area contributed by atoms with Crippen LogP contribution in [0.1, 0.15) is 48.0 Å².